The first-order valence-electron chi connectivity index (χ1n) is 5.08. The SMILES string of the molecule is C[C@@H](C(N)=O)C1=Nc2ccccc2C(=O)C1. The third kappa shape index (κ3) is 1.74. The summed E-state index contributed by atoms with van der Waals surface area (Å²) in [5.74, 6) is -0.947. The number of fused-ring (bicyclic) bond motifs is 1. The zero-order chi connectivity index (χ0) is 11.7. The lowest BCUT2D eigenvalue weighted by molar-refractivity contribution is -0.119. The molecule has 2 rings (SSSR count). The fourth-order valence-electron chi connectivity index (χ4n) is 1.68. The Balaban J connectivity index is 2.44. The van der Waals surface area contributed by atoms with Crippen LogP contribution in [0.3, 0.4) is 0 Å². The molecule has 0 spiro atoms. The molecule has 4 heteroatoms. The van der Waals surface area contributed by atoms with Crippen molar-refractivity contribution >= 4 is 23.1 Å². The predicted molar refractivity (Wildman–Crippen MR) is 60.8 cm³/mol. The molecular formula is C12H12N2O2. The van der Waals surface area contributed by atoms with Crippen molar-refractivity contribution in [2.75, 3.05) is 0 Å². The fraction of sp³-hybridized carbons (Fsp3) is 0.250. The first-order chi connectivity index (χ1) is 7.59. The van der Waals surface area contributed by atoms with Gasteiger partial charge in [-0.25, -0.2) is 0 Å². The van der Waals surface area contributed by atoms with Crippen LogP contribution >= 0.6 is 0 Å². The summed E-state index contributed by atoms with van der Waals surface area (Å²) in [5.41, 5.74) is 6.99. The van der Waals surface area contributed by atoms with Crippen LogP contribution in [0.1, 0.15) is 23.7 Å². The molecule has 0 unspecified atom stereocenters. The van der Waals surface area contributed by atoms with Crippen molar-refractivity contribution in [3.8, 4) is 0 Å². The maximum absolute atomic E-state index is 11.8. The molecule has 1 aromatic carbocycles. The van der Waals surface area contributed by atoms with Crippen LogP contribution in [-0.2, 0) is 4.79 Å². The third-order valence-corrected chi connectivity index (χ3v) is 2.74. The number of primary amides is 1. The van der Waals surface area contributed by atoms with Gasteiger partial charge in [-0.3, -0.25) is 14.6 Å². The van der Waals surface area contributed by atoms with E-state index in [-0.39, 0.29) is 12.2 Å². The van der Waals surface area contributed by atoms with Crippen LogP contribution in [0.5, 0.6) is 0 Å². The topological polar surface area (TPSA) is 72.5 Å². The van der Waals surface area contributed by atoms with Crippen LogP contribution in [0.4, 0.5) is 5.69 Å². The van der Waals surface area contributed by atoms with E-state index < -0.39 is 11.8 Å². The van der Waals surface area contributed by atoms with E-state index in [2.05, 4.69) is 4.99 Å². The first-order valence-corrected chi connectivity index (χ1v) is 5.08. The Morgan fingerprint density at radius 3 is 2.81 bits per heavy atom. The van der Waals surface area contributed by atoms with Crippen molar-refractivity contribution in [1.29, 1.82) is 0 Å². The molecule has 2 N–H and O–H groups in total. The maximum Gasteiger partial charge on any atom is 0.225 e. The van der Waals surface area contributed by atoms with Gasteiger partial charge in [0.1, 0.15) is 0 Å². The molecule has 0 radical (unpaired) electrons. The predicted octanol–water partition coefficient (Wildman–Crippen LogP) is 1.47. The minimum atomic E-state index is -0.489. The van der Waals surface area contributed by atoms with Gasteiger partial charge in [-0.2, -0.15) is 0 Å². The number of rotatable bonds is 2. The Hall–Kier alpha value is -1.97. The van der Waals surface area contributed by atoms with Crippen molar-refractivity contribution in [3.63, 3.8) is 0 Å². The van der Waals surface area contributed by atoms with Crippen molar-refractivity contribution in [2.24, 2.45) is 16.6 Å². The minimum absolute atomic E-state index is 0.00583. The summed E-state index contributed by atoms with van der Waals surface area (Å²) in [6.45, 7) is 1.67. The van der Waals surface area contributed by atoms with E-state index in [1.165, 1.54) is 0 Å². The second-order valence-corrected chi connectivity index (χ2v) is 3.84. The van der Waals surface area contributed by atoms with Crippen LogP contribution in [0.15, 0.2) is 29.3 Å². The number of nitrogens with zero attached hydrogens (tertiary/aromatic N) is 1. The summed E-state index contributed by atoms with van der Waals surface area (Å²) in [5, 5.41) is 0. The Morgan fingerprint density at radius 2 is 2.12 bits per heavy atom. The molecule has 1 amide bonds. The van der Waals surface area contributed by atoms with E-state index in [0.717, 1.165) is 0 Å². The zero-order valence-corrected chi connectivity index (χ0v) is 8.93. The van der Waals surface area contributed by atoms with Gasteiger partial charge in [-0.15, -0.1) is 0 Å². The van der Waals surface area contributed by atoms with E-state index in [0.29, 0.717) is 17.0 Å². The monoisotopic (exact) mass is 216 g/mol. The highest BCUT2D eigenvalue weighted by atomic mass is 16.1. The number of benzene rings is 1. The van der Waals surface area contributed by atoms with E-state index in [1.807, 2.05) is 6.07 Å². The highest BCUT2D eigenvalue weighted by Crippen LogP contribution is 2.27. The molecule has 1 aliphatic rings. The van der Waals surface area contributed by atoms with Gasteiger partial charge in [0.2, 0.25) is 5.91 Å². The van der Waals surface area contributed by atoms with E-state index in [9.17, 15) is 9.59 Å². The van der Waals surface area contributed by atoms with Crippen molar-refractivity contribution in [2.45, 2.75) is 13.3 Å². The fourth-order valence-corrected chi connectivity index (χ4v) is 1.68. The maximum atomic E-state index is 11.8. The number of nitrogens with two attached hydrogens (primary N) is 1. The van der Waals surface area contributed by atoms with Crippen LogP contribution in [-0.4, -0.2) is 17.4 Å². The lowest BCUT2D eigenvalue weighted by Gasteiger charge is -2.17. The Labute approximate surface area is 93.2 Å². The number of ketones is 1. The molecular weight excluding hydrogens is 204 g/mol. The van der Waals surface area contributed by atoms with Crippen molar-refractivity contribution < 1.29 is 9.59 Å². The van der Waals surface area contributed by atoms with Gasteiger partial charge in [0, 0.05) is 11.3 Å². The molecule has 1 aliphatic heterocycles. The molecule has 82 valence electrons. The van der Waals surface area contributed by atoms with Gasteiger partial charge < -0.3 is 5.73 Å². The van der Waals surface area contributed by atoms with E-state index in [1.54, 1.807) is 25.1 Å². The van der Waals surface area contributed by atoms with Crippen LogP contribution < -0.4 is 5.73 Å². The molecule has 1 atom stereocenters. The Bertz CT molecular complexity index is 492. The molecule has 1 aromatic rings. The van der Waals surface area contributed by atoms with Crippen LogP contribution in [0.2, 0.25) is 0 Å². The largest absolute Gasteiger partial charge is 0.369 e. The molecule has 16 heavy (non-hydrogen) atoms. The number of aliphatic imine (C=N–C) groups is 1. The second kappa shape index (κ2) is 3.89. The van der Waals surface area contributed by atoms with Crippen molar-refractivity contribution in [3.05, 3.63) is 29.8 Å². The second-order valence-electron chi connectivity index (χ2n) is 3.84. The van der Waals surface area contributed by atoms with Gasteiger partial charge in [-0.1, -0.05) is 12.1 Å². The lowest BCUT2D eigenvalue weighted by Crippen LogP contribution is -2.30. The molecule has 4 nitrogen and oxygen atoms in total. The number of Topliss-reactive ketones (excluding diaryl/α,β-unsaturated/α-hetero) is 1. The van der Waals surface area contributed by atoms with Crippen LogP contribution in [0.25, 0.3) is 0 Å². The van der Waals surface area contributed by atoms with E-state index in [4.69, 9.17) is 5.73 Å². The summed E-state index contributed by atoms with van der Waals surface area (Å²) < 4.78 is 0. The molecule has 0 saturated carbocycles. The summed E-state index contributed by atoms with van der Waals surface area (Å²) in [4.78, 5) is 27.1. The van der Waals surface area contributed by atoms with Gasteiger partial charge in [0.15, 0.2) is 5.78 Å². The van der Waals surface area contributed by atoms with Crippen LogP contribution in [0, 0.1) is 5.92 Å². The lowest BCUT2D eigenvalue weighted by atomic mass is 9.93. The average Bonchev–Trinajstić information content (AvgIpc) is 2.28. The summed E-state index contributed by atoms with van der Waals surface area (Å²) in [6, 6.07) is 7.12. The summed E-state index contributed by atoms with van der Waals surface area (Å²) in [7, 11) is 0. The number of amides is 1. The first kappa shape index (κ1) is 10.5. The van der Waals surface area contributed by atoms with Gasteiger partial charge in [0.05, 0.1) is 18.0 Å². The highest BCUT2D eigenvalue weighted by Gasteiger charge is 2.25. The Morgan fingerprint density at radius 1 is 1.44 bits per heavy atom. The van der Waals surface area contributed by atoms with Gasteiger partial charge >= 0.3 is 0 Å². The summed E-state index contributed by atoms with van der Waals surface area (Å²) >= 11 is 0. The third-order valence-electron chi connectivity index (χ3n) is 2.74. The number of carbonyl (C=O) groups excluding carboxylic acids is 2. The number of hydrogen-bond donors (Lipinski definition) is 1. The van der Waals surface area contributed by atoms with Gasteiger partial charge in [-0.05, 0) is 19.1 Å². The molecule has 0 bridgehead atoms. The zero-order valence-electron chi connectivity index (χ0n) is 8.93. The smallest absolute Gasteiger partial charge is 0.225 e. The number of para-hydroxylation sites is 1. The molecule has 0 aromatic heterocycles. The Kier molecular flexibility index (Phi) is 2.56. The molecule has 1 heterocycles. The normalized spacial score (nSPS) is 16.3. The highest BCUT2D eigenvalue weighted by molar-refractivity contribution is 6.19. The van der Waals surface area contributed by atoms with Gasteiger partial charge in [0.25, 0.3) is 0 Å². The quantitative estimate of drug-likeness (QED) is 0.812. The molecule has 0 aliphatic carbocycles. The minimum Gasteiger partial charge on any atom is -0.369 e. The molecule has 0 fully saturated rings. The standard InChI is InChI=1S/C12H12N2O2/c1-7(12(13)16)10-6-11(15)8-4-2-3-5-9(8)14-10/h2-5,7H,6H2,1H3,(H2,13,16)/t7-/m1/s1. The average molecular weight is 216 g/mol. The number of hydrogen-bond acceptors (Lipinski definition) is 3. The molecule has 0 saturated heterocycles. The van der Waals surface area contributed by atoms with E-state index >= 15 is 0 Å². The number of carbonyl (C=O) groups is 2. The van der Waals surface area contributed by atoms with Crippen molar-refractivity contribution in [1.82, 2.24) is 0 Å². The summed E-state index contributed by atoms with van der Waals surface area (Å²) in [6.07, 6.45) is 0.182.